The predicted octanol–water partition coefficient (Wildman–Crippen LogP) is 5.46. The summed E-state index contributed by atoms with van der Waals surface area (Å²) < 4.78 is 11.3. The van der Waals surface area contributed by atoms with Crippen LogP contribution in [0.2, 0.25) is 5.02 Å². The van der Waals surface area contributed by atoms with E-state index in [-0.39, 0.29) is 24.8 Å². The number of benzene rings is 2. The summed E-state index contributed by atoms with van der Waals surface area (Å²) in [4.78, 5) is 26.3. The van der Waals surface area contributed by atoms with Gasteiger partial charge in [-0.2, -0.15) is 0 Å². The van der Waals surface area contributed by atoms with Crippen LogP contribution in [0.15, 0.2) is 53.4 Å². The molecule has 1 aliphatic rings. The lowest BCUT2D eigenvalue weighted by molar-refractivity contribution is -0.143. The number of thiocarbonyl (C=S) groups is 1. The Bertz CT molecular complexity index is 974. The molecule has 5 nitrogen and oxygen atoms in total. The zero-order valence-corrected chi connectivity index (χ0v) is 19.4. The number of ether oxygens (including phenoxy) is 2. The van der Waals surface area contributed by atoms with Crippen LogP contribution in [0.3, 0.4) is 0 Å². The van der Waals surface area contributed by atoms with Crippen LogP contribution in [0, 0.1) is 0 Å². The molecule has 2 aromatic carbocycles. The van der Waals surface area contributed by atoms with Gasteiger partial charge >= 0.3 is 5.97 Å². The lowest BCUT2D eigenvalue weighted by Gasteiger charge is -2.13. The third-order valence-electron chi connectivity index (χ3n) is 4.38. The summed E-state index contributed by atoms with van der Waals surface area (Å²) >= 11 is 12.4. The zero-order chi connectivity index (χ0) is 22.2. The maximum absolute atomic E-state index is 12.7. The SMILES string of the molecule is CCCOC(=O)CCN1C(=O)/C(=C/c2ccc(OCc3ccc(Cl)cc3)cc2)SC1=S. The van der Waals surface area contributed by atoms with Crippen LogP contribution < -0.4 is 4.74 Å². The molecule has 0 saturated carbocycles. The number of carbonyl (C=O) groups excluding carboxylic acids is 2. The van der Waals surface area contributed by atoms with E-state index >= 15 is 0 Å². The normalized spacial score (nSPS) is 14.9. The van der Waals surface area contributed by atoms with Crippen molar-refractivity contribution in [2.75, 3.05) is 13.2 Å². The molecule has 8 heteroatoms. The maximum atomic E-state index is 12.7. The Balaban J connectivity index is 1.56. The van der Waals surface area contributed by atoms with E-state index in [9.17, 15) is 9.59 Å². The average molecular weight is 476 g/mol. The first-order valence-corrected chi connectivity index (χ1v) is 11.4. The van der Waals surface area contributed by atoms with E-state index in [4.69, 9.17) is 33.3 Å². The van der Waals surface area contributed by atoms with Crippen molar-refractivity contribution in [3.05, 3.63) is 69.6 Å². The fraction of sp³-hybridized carbons (Fsp3) is 0.261. The van der Waals surface area contributed by atoms with Crippen molar-refractivity contribution in [3.63, 3.8) is 0 Å². The number of rotatable bonds is 9. The summed E-state index contributed by atoms with van der Waals surface area (Å²) in [5.74, 6) is 0.209. The molecule has 1 fully saturated rings. The molecule has 0 spiro atoms. The van der Waals surface area contributed by atoms with Crippen LogP contribution in [0.5, 0.6) is 5.75 Å². The average Bonchev–Trinajstić information content (AvgIpc) is 3.03. The largest absolute Gasteiger partial charge is 0.489 e. The highest BCUT2D eigenvalue weighted by atomic mass is 35.5. The van der Waals surface area contributed by atoms with Crippen molar-refractivity contribution in [3.8, 4) is 5.75 Å². The molecule has 0 unspecified atom stereocenters. The second-order valence-electron chi connectivity index (χ2n) is 6.79. The number of thioether (sulfide) groups is 1. The summed E-state index contributed by atoms with van der Waals surface area (Å²) in [7, 11) is 0. The number of hydrogen-bond acceptors (Lipinski definition) is 6. The monoisotopic (exact) mass is 475 g/mol. The van der Waals surface area contributed by atoms with Crippen LogP contribution in [0.4, 0.5) is 0 Å². The second kappa shape index (κ2) is 11.3. The van der Waals surface area contributed by atoms with Gasteiger partial charge in [0, 0.05) is 11.6 Å². The van der Waals surface area contributed by atoms with E-state index in [1.807, 2.05) is 55.5 Å². The van der Waals surface area contributed by atoms with Crippen molar-refractivity contribution >= 4 is 57.9 Å². The molecule has 3 rings (SSSR count). The molecule has 0 aromatic heterocycles. The number of carbonyl (C=O) groups is 2. The Hall–Kier alpha value is -2.35. The van der Waals surface area contributed by atoms with E-state index < -0.39 is 0 Å². The van der Waals surface area contributed by atoms with Gasteiger partial charge < -0.3 is 9.47 Å². The number of esters is 1. The third-order valence-corrected chi connectivity index (χ3v) is 6.01. The molecule has 1 heterocycles. The topological polar surface area (TPSA) is 55.8 Å². The van der Waals surface area contributed by atoms with Gasteiger partial charge in [-0.3, -0.25) is 14.5 Å². The van der Waals surface area contributed by atoms with Gasteiger partial charge in [0.1, 0.15) is 16.7 Å². The maximum Gasteiger partial charge on any atom is 0.307 e. The lowest BCUT2D eigenvalue weighted by Crippen LogP contribution is -2.30. The summed E-state index contributed by atoms with van der Waals surface area (Å²) in [6.07, 6.45) is 2.68. The highest BCUT2D eigenvalue weighted by Crippen LogP contribution is 2.33. The standard InChI is InChI=1S/C23H22ClNO4S2/c1-2-13-28-21(26)11-12-25-22(27)20(31-23(25)30)14-16-5-9-19(10-6-16)29-15-17-3-7-18(24)8-4-17/h3-10,14H,2,11-13,15H2,1H3/b20-14-. The highest BCUT2D eigenvalue weighted by molar-refractivity contribution is 8.26. The molecule has 2 aromatic rings. The van der Waals surface area contributed by atoms with Crippen molar-refractivity contribution in [2.45, 2.75) is 26.4 Å². The fourth-order valence-electron chi connectivity index (χ4n) is 2.74. The van der Waals surface area contributed by atoms with Gasteiger partial charge in [-0.05, 0) is 47.9 Å². The number of amides is 1. The molecule has 0 atom stereocenters. The first-order chi connectivity index (χ1) is 15.0. The predicted molar refractivity (Wildman–Crippen MR) is 128 cm³/mol. The lowest BCUT2D eigenvalue weighted by atomic mass is 10.2. The van der Waals surface area contributed by atoms with Gasteiger partial charge in [-0.25, -0.2) is 0 Å². The Labute approximate surface area is 196 Å². The smallest absolute Gasteiger partial charge is 0.307 e. The van der Waals surface area contributed by atoms with E-state index in [2.05, 4.69) is 0 Å². The van der Waals surface area contributed by atoms with Crippen molar-refractivity contribution in [1.82, 2.24) is 4.90 Å². The molecule has 0 bridgehead atoms. The summed E-state index contributed by atoms with van der Waals surface area (Å²) in [6, 6.07) is 15.0. The molecule has 0 aliphatic carbocycles. The van der Waals surface area contributed by atoms with Crippen LogP contribution in [0.1, 0.15) is 30.9 Å². The molecule has 31 heavy (non-hydrogen) atoms. The molecule has 1 aliphatic heterocycles. The van der Waals surface area contributed by atoms with E-state index in [1.54, 1.807) is 6.08 Å². The number of halogens is 1. The fourth-order valence-corrected chi connectivity index (χ4v) is 4.18. The van der Waals surface area contributed by atoms with Gasteiger partial charge in [-0.15, -0.1) is 0 Å². The van der Waals surface area contributed by atoms with Crippen LogP contribution in [0.25, 0.3) is 6.08 Å². The molecule has 162 valence electrons. The Morgan fingerprint density at radius 1 is 1.16 bits per heavy atom. The first-order valence-electron chi connectivity index (χ1n) is 9.84. The number of hydrogen-bond donors (Lipinski definition) is 0. The first kappa shape index (κ1) is 23.3. The Kier molecular flexibility index (Phi) is 8.51. The van der Waals surface area contributed by atoms with Crippen molar-refractivity contribution in [2.24, 2.45) is 0 Å². The molecule has 0 radical (unpaired) electrons. The quantitative estimate of drug-likeness (QED) is 0.272. The molecule has 1 amide bonds. The Morgan fingerprint density at radius 3 is 2.55 bits per heavy atom. The van der Waals surface area contributed by atoms with Gasteiger partial charge in [0.15, 0.2) is 0 Å². The van der Waals surface area contributed by atoms with Gasteiger partial charge in [-0.1, -0.05) is 66.8 Å². The van der Waals surface area contributed by atoms with E-state index in [1.165, 1.54) is 16.7 Å². The molecular weight excluding hydrogens is 454 g/mol. The van der Waals surface area contributed by atoms with Crippen LogP contribution in [-0.4, -0.2) is 34.2 Å². The van der Waals surface area contributed by atoms with Gasteiger partial charge in [0.25, 0.3) is 5.91 Å². The minimum Gasteiger partial charge on any atom is -0.489 e. The minimum absolute atomic E-state index is 0.124. The molecular formula is C23H22ClNO4S2. The Morgan fingerprint density at radius 2 is 1.87 bits per heavy atom. The van der Waals surface area contributed by atoms with Crippen LogP contribution >= 0.6 is 35.6 Å². The molecule has 0 N–H and O–H groups in total. The highest BCUT2D eigenvalue weighted by Gasteiger charge is 2.32. The van der Waals surface area contributed by atoms with Gasteiger partial charge in [0.05, 0.1) is 17.9 Å². The van der Waals surface area contributed by atoms with E-state index in [0.717, 1.165) is 23.3 Å². The van der Waals surface area contributed by atoms with Crippen LogP contribution in [-0.2, 0) is 20.9 Å². The van der Waals surface area contributed by atoms with Crippen molar-refractivity contribution in [1.29, 1.82) is 0 Å². The third kappa shape index (κ3) is 6.82. The summed E-state index contributed by atoms with van der Waals surface area (Å²) in [5.41, 5.74) is 1.89. The van der Waals surface area contributed by atoms with E-state index in [0.29, 0.717) is 27.5 Å². The number of nitrogens with zero attached hydrogens (tertiary/aromatic N) is 1. The minimum atomic E-state index is -0.325. The summed E-state index contributed by atoms with van der Waals surface area (Å²) in [5, 5.41) is 0.690. The van der Waals surface area contributed by atoms with Gasteiger partial charge in [0.2, 0.25) is 0 Å². The molecule has 1 saturated heterocycles. The zero-order valence-electron chi connectivity index (χ0n) is 17.0. The van der Waals surface area contributed by atoms with Crippen molar-refractivity contribution < 1.29 is 19.1 Å². The summed E-state index contributed by atoms with van der Waals surface area (Å²) in [6.45, 7) is 2.98. The second-order valence-corrected chi connectivity index (χ2v) is 8.90.